The molecule has 1 fully saturated rings. The van der Waals surface area contributed by atoms with Gasteiger partial charge in [0.05, 0.1) is 21.8 Å². The molecule has 3 aromatic carbocycles. The van der Waals surface area contributed by atoms with Gasteiger partial charge >= 0.3 is 5.91 Å². The number of hydrogen-bond donors (Lipinski definition) is 1. The van der Waals surface area contributed by atoms with Crippen molar-refractivity contribution in [2.45, 2.75) is 65.5 Å². The first-order valence-electron chi connectivity index (χ1n) is 13.5. The van der Waals surface area contributed by atoms with E-state index in [-0.39, 0.29) is 22.9 Å². The van der Waals surface area contributed by atoms with Gasteiger partial charge in [-0.2, -0.15) is 0 Å². The highest BCUT2D eigenvalue weighted by Crippen LogP contribution is 2.45. The minimum Gasteiger partial charge on any atom is -0.507 e. The van der Waals surface area contributed by atoms with E-state index in [9.17, 15) is 14.7 Å². The normalized spacial score (nSPS) is 20.3. The number of aryl methyl sites for hydroxylation is 2. The zero-order valence-electron chi connectivity index (χ0n) is 23.5. The number of hydrogen-bond acceptors (Lipinski definition) is 6. The first-order valence-corrected chi connectivity index (χ1v) is 14.3. The summed E-state index contributed by atoms with van der Waals surface area (Å²) in [6.07, 6.45) is 0.762. The van der Waals surface area contributed by atoms with Gasteiger partial charge in [-0.15, -0.1) is 0 Å². The van der Waals surface area contributed by atoms with Gasteiger partial charge in [-0.25, -0.2) is 4.98 Å². The Bertz CT molecular complexity index is 1730. The Kier molecular flexibility index (Phi) is 6.11. The van der Waals surface area contributed by atoms with Crippen LogP contribution in [0.2, 0.25) is 0 Å². The lowest BCUT2D eigenvalue weighted by molar-refractivity contribution is -0.132. The molecule has 0 aliphatic carbocycles. The molecule has 0 bridgehead atoms. The van der Waals surface area contributed by atoms with Crippen LogP contribution in [-0.4, -0.2) is 27.9 Å². The number of aliphatic hydroxyl groups is 1. The van der Waals surface area contributed by atoms with Gasteiger partial charge in [-0.1, -0.05) is 62.4 Å². The Labute approximate surface area is 237 Å². The van der Waals surface area contributed by atoms with Gasteiger partial charge in [0.25, 0.3) is 5.78 Å². The lowest BCUT2D eigenvalue weighted by atomic mass is 9.85. The van der Waals surface area contributed by atoms with Crippen molar-refractivity contribution in [2.24, 2.45) is 0 Å². The van der Waals surface area contributed by atoms with Crippen LogP contribution in [-0.2, 0) is 21.4 Å². The van der Waals surface area contributed by atoms with Crippen LogP contribution in [0, 0.1) is 13.8 Å². The summed E-state index contributed by atoms with van der Waals surface area (Å²) in [5, 5.41) is 12.1. The molecule has 6 nitrogen and oxygen atoms in total. The monoisotopic (exact) mass is 552 g/mol. The third-order valence-corrected chi connectivity index (χ3v) is 8.73. The summed E-state index contributed by atoms with van der Waals surface area (Å²) >= 11 is 1.38. The van der Waals surface area contributed by atoms with Gasteiger partial charge < -0.3 is 9.84 Å². The number of fused-ring (bicyclic) bond motifs is 2. The summed E-state index contributed by atoms with van der Waals surface area (Å²) in [7, 11) is 0. The minimum atomic E-state index is -0.820. The average molecular weight is 553 g/mol. The summed E-state index contributed by atoms with van der Waals surface area (Å²) in [6, 6.07) is 16.6. The fraction of sp³-hybridized carbons (Fsp3) is 0.303. The first-order chi connectivity index (χ1) is 18.9. The van der Waals surface area contributed by atoms with Crippen LogP contribution in [0.1, 0.15) is 67.1 Å². The van der Waals surface area contributed by atoms with E-state index in [0.29, 0.717) is 17.1 Å². The molecule has 1 saturated heterocycles. The van der Waals surface area contributed by atoms with E-state index in [1.165, 1.54) is 16.2 Å². The molecule has 0 unspecified atom stereocenters. The second-order valence-corrected chi connectivity index (χ2v) is 12.9. The Morgan fingerprint density at radius 2 is 1.77 bits per heavy atom. The lowest BCUT2D eigenvalue weighted by Crippen LogP contribution is -2.29. The second kappa shape index (κ2) is 9.30. The molecule has 204 valence electrons. The van der Waals surface area contributed by atoms with Crippen molar-refractivity contribution in [3.63, 3.8) is 0 Å². The lowest BCUT2D eigenvalue weighted by Gasteiger charge is -2.24. The summed E-state index contributed by atoms with van der Waals surface area (Å²) in [6.45, 7) is 12.4. The Hall–Kier alpha value is -3.97. The largest absolute Gasteiger partial charge is 0.507 e. The molecule has 2 aliphatic rings. The van der Waals surface area contributed by atoms with Crippen molar-refractivity contribution in [1.82, 2.24) is 4.98 Å². The van der Waals surface area contributed by atoms with Crippen LogP contribution in [0.15, 0.2) is 60.2 Å². The number of aliphatic hydroxyl groups excluding tert-OH is 1. The molecule has 7 heteroatoms. The molecule has 1 amide bonds. The third kappa shape index (κ3) is 4.29. The molecular weight excluding hydrogens is 520 g/mol. The smallest absolute Gasteiger partial charge is 0.301 e. The molecule has 2 atom stereocenters. The SMILES string of the molecule is Cc1cc(C)c2nc(N3C(=O)C(=O)C(=C(O)c4ccc5c(c4)C[C@@H](C)O5)[C@@H]3c3ccc(C(C)(C)C)cc3)sc2c1. The molecule has 2 aliphatic heterocycles. The van der Waals surface area contributed by atoms with Gasteiger partial charge in [0.2, 0.25) is 0 Å². The maximum atomic E-state index is 13.7. The van der Waals surface area contributed by atoms with Crippen molar-refractivity contribution >= 4 is 44.1 Å². The van der Waals surface area contributed by atoms with Gasteiger partial charge in [-0.05, 0) is 78.3 Å². The predicted octanol–water partition coefficient (Wildman–Crippen LogP) is 7.16. The maximum Gasteiger partial charge on any atom is 0.301 e. The topological polar surface area (TPSA) is 79.7 Å². The summed E-state index contributed by atoms with van der Waals surface area (Å²) in [4.78, 5) is 33.7. The molecule has 40 heavy (non-hydrogen) atoms. The summed E-state index contributed by atoms with van der Waals surface area (Å²) in [5.41, 5.74) is 6.24. The number of rotatable bonds is 3. The van der Waals surface area contributed by atoms with Gasteiger partial charge in [-0.3, -0.25) is 14.5 Å². The molecule has 0 spiro atoms. The quantitative estimate of drug-likeness (QED) is 0.166. The van der Waals surface area contributed by atoms with Crippen molar-refractivity contribution in [3.8, 4) is 5.75 Å². The van der Waals surface area contributed by atoms with Crippen LogP contribution in [0.3, 0.4) is 0 Å². The molecule has 1 aromatic heterocycles. The second-order valence-electron chi connectivity index (χ2n) is 11.9. The number of carbonyl (C=O) groups is 2. The Morgan fingerprint density at radius 3 is 2.48 bits per heavy atom. The standard InChI is InChI=1S/C33H32N2O4S/c1-17-13-18(2)27-25(14-17)40-32(34-27)35-28(20-7-10-23(11-8-20)33(4,5)6)26(30(37)31(35)38)29(36)21-9-12-24-22(16-21)15-19(3)39-24/h7-14,16,19,28,36H,15H2,1-6H3/t19-,28+/m1/s1. The van der Waals surface area contributed by atoms with E-state index < -0.39 is 17.7 Å². The number of carbonyl (C=O) groups excluding carboxylic acids is 2. The van der Waals surface area contributed by atoms with Crippen molar-refractivity contribution in [3.05, 3.63) is 93.6 Å². The van der Waals surface area contributed by atoms with E-state index in [1.54, 1.807) is 6.07 Å². The fourth-order valence-electron chi connectivity index (χ4n) is 5.70. The molecule has 0 radical (unpaired) electrons. The number of amides is 1. The highest BCUT2D eigenvalue weighted by Gasteiger charge is 2.48. The van der Waals surface area contributed by atoms with E-state index in [1.807, 2.05) is 63.2 Å². The summed E-state index contributed by atoms with van der Waals surface area (Å²) < 4.78 is 6.77. The maximum absolute atomic E-state index is 13.7. The molecular formula is C33H32N2O4S. The van der Waals surface area contributed by atoms with Crippen LogP contribution >= 0.6 is 11.3 Å². The molecule has 0 saturated carbocycles. The molecule has 6 rings (SSSR count). The highest BCUT2D eigenvalue weighted by molar-refractivity contribution is 7.22. The van der Waals surface area contributed by atoms with Crippen molar-refractivity contribution < 1.29 is 19.4 Å². The number of anilines is 1. The van der Waals surface area contributed by atoms with Crippen LogP contribution < -0.4 is 9.64 Å². The zero-order valence-corrected chi connectivity index (χ0v) is 24.3. The van der Waals surface area contributed by atoms with E-state index >= 15 is 0 Å². The van der Waals surface area contributed by atoms with Crippen LogP contribution in [0.5, 0.6) is 5.75 Å². The van der Waals surface area contributed by atoms with Crippen LogP contribution in [0.25, 0.3) is 16.0 Å². The van der Waals surface area contributed by atoms with Crippen molar-refractivity contribution in [1.29, 1.82) is 0 Å². The number of ether oxygens (including phenoxy) is 1. The summed E-state index contributed by atoms with van der Waals surface area (Å²) in [5.74, 6) is -0.835. The predicted molar refractivity (Wildman–Crippen MR) is 159 cm³/mol. The minimum absolute atomic E-state index is 0.0467. The van der Waals surface area contributed by atoms with Gasteiger partial charge in [0, 0.05) is 12.0 Å². The Morgan fingerprint density at radius 1 is 1.05 bits per heavy atom. The number of ketones is 1. The van der Waals surface area contributed by atoms with E-state index in [2.05, 4.69) is 26.8 Å². The molecule has 3 heterocycles. The van der Waals surface area contributed by atoms with E-state index in [0.717, 1.165) is 43.8 Å². The van der Waals surface area contributed by atoms with Crippen LogP contribution in [0.4, 0.5) is 5.13 Å². The molecule has 4 aromatic rings. The van der Waals surface area contributed by atoms with Gasteiger partial charge in [0.1, 0.15) is 17.6 Å². The number of aromatic nitrogens is 1. The average Bonchev–Trinajstić information content (AvgIpc) is 3.56. The number of Topliss-reactive ketones (excluding diaryl/α,β-unsaturated/α-hetero) is 1. The number of nitrogens with zero attached hydrogens (tertiary/aromatic N) is 2. The third-order valence-electron chi connectivity index (χ3n) is 7.73. The highest BCUT2D eigenvalue weighted by atomic mass is 32.1. The van der Waals surface area contributed by atoms with E-state index in [4.69, 9.17) is 9.72 Å². The number of benzene rings is 3. The number of thiazole rings is 1. The fourth-order valence-corrected chi connectivity index (χ4v) is 6.87. The Balaban J connectivity index is 1.54. The van der Waals surface area contributed by atoms with Gasteiger partial charge in [0.15, 0.2) is 5.13 Å². The van der Waals surface area contributed by atoms with Crippen molar-refractivity contribution in [2.75, 3.05) is 4.90 Å². The zero-order chi connectivity index (χ0) is 28.5. The molecule has 1 N–H and O–H groups in total. The first kappa shape index (κ1) is 26.3.